The highest BCUT2D eigenvalue weighted by Gasteiger charge is 2.17. The second-order valence-corrected chi connectivity index (χ2v) is 7.42. The zero-order valence-corrected chi connectivity index (χ0v) is 16.3. The van der Waals surface area contributed by atoms with Crippen molar-refractivity contribution in [2.24, 2.45) is 0 Å². The van der Waals surface area contributed by atoms with E-state index in [1.54, 1.807) is 36.0 Å². The Hall–Kier alpha value is -1.36. The number of benzene rings is 2. The molecular formula is C19H21Cl2NO2S. The van der Waals surface area contributed by atoms with E-state index in [1.807, 2.05) is 31.2 Å². The Morgan fingerprint density at radius 2 is 1.68 bits per heavy atom. The minimum absolute atomic E-state index is 0.0930. The van der Waals surface area contributed by atoms with Crippen molar-refractivity contribution in [3.8, 4) is 5.75 Å². The van der Waals surface area contributed by atoms with E-state index in [-0.39, 0.29) is 5.91 Å². The fourth-order valence-electron chi connectivity index (χ4n) is 2.13. The average Bonchev–Trinajstić information content (AvgIpc) is 2.62. The van der Waals surface area contributed by atoms with E-state index >= 15 is 0 Å². The lowest BCUT2D eigenvalue weighted by atomic mass is 10.2. The van der Waals surface area contributed by atoms with Crippen molar-refractivity contribution in [2.75, 3.05) is 12.3 Å². The zero-order chi connectivity index (χ0) is 18.1. The molecule has 0 unspecified atom stereocenters. The van der Waals surface area contributed by atoms with Gasteiger partial charge >= 0.3 is 0 Å². The van der Waals surface area contributed by atoms with Crippen LogP contribution in [-0.4, -0.2) is 24.3 Å². The largest absolute Gasteiger partial charge is 0.481 e. The summed E-state index contributed by atoms with van der Waals surface area (Å²) in [5.74, 6) is 2.28. The van der Waals surface area contributed by atoms with Crippen LogP contribution >= 0.6 is 35.0 Å². The van der Waals surface area contributed by atoms with Gasteiger partial charge in [-0.1, -0.05) is 42.3 Å². The Kier molecular flexibility index (Phi) is 8.45. The molecular weight excluding hydrogens is 377 g/mol. The molecule has 1 atom stereocenters. The predicted molar refractivity (Wildman–Crippen MR) is 107 cm³/mol. The summed E-state index contributed by atoms with van der Waals surface area (Å²) < 4.78 is 5.73. The molecule has 1 N–H and O–H groups in total. The van der Waals surface area contributed by atoms with Crippen LogP contribution in [0, 0.1) is 0 Å². The number of thioether (sulfide) groups is 1. The van der Waals surface area contributed by atoms with Gasteiger partial charge in [0.25, 0.3) is 5.91 Å². The first-order valence-electron chi connectivity index (χ1n) is 8.10. The summed E-state index contributed by atoms with van der Waals surface area (Å²) in [6.45, 7) is 2.53. The van der Waals surface area contributed by atoms with Gasteiger partial charge in [0.2, 0.25) is 0 Å². The van der Waals surface area contributed by atoms with Gasteiger partial charge < -0.3 is 10.1 Å². The SMILES string of the molecule is CC[C@H](Oc1ccc(Cl)cc1)C(=O)NCCSCc1ccc(Cl)cc1. The molecule has 0 aliphatic heterocycles. The van der Waals surface area contributed by atoms with Gasteiger partial charge in [-0.2, -0.15) is 11.8 Å². The zero-order valence-electron chi connectivity index (χ0n) is 14.0. The predicted octanol–water partition coefficient (Wildman–Crippen LogP) is 5.20. The summed E-state index contributed by atoms with van der Waals surface area (Å²) in [7, 11) is 0. The molecule has 0 saturated carbocycles. The molecule has 2 rings (SSSR count). The van der Waals surface area contributed by atoms with Crippen molar-refractivity contribution in [3.63, 3.8) is 0 Å². The first-order valence-corrected chi connectivity index (χ1v) is 10.0. The average molecular weight is 398 g/mol. The molecule has 0 heterocycles. The first kappa shape index (κ1) is 20.0. The van der Waals surface area contributed by atoms with Gasteiger partial charge in [0.1, 0.15) is 5.75 Å². The Balaban J connectivity index is 1.68. The fourth-order valence-corrected chi connectivity index (χ4v) is 3.20. The molecule has 0 spiro atoms. The molecule has 0 bridgehead atoms. The van der Waals surface area contributed by atoms with E-state index in [0.717, 1.165) is 16.5 Å². The van der Waals surface area contributed by atoms with Crippen LogP contribution in [0.3, 0.4) is 0 Å². The number of ether oxygens (including phenoxy) is 1. The van der Waals surface area contributed by atoms with E-state index in [4.69, 9.17) is 27.9 Å². The highest BCUT2D eigenvalue weighted by atomic mass is 35.5. The molecule has 3 nitrogen and oxygen atoms in total. The van der Waals surface area contributed by atoms with E-state index in [0.29, 0.717) is 23.7 Å². The van der Waals surface area contributed by atoms with Gasteiger partial charge in [0, 0.05) is 28.1 Å². The van der Waals surface area contributed by atoms with Gasteiger partial charge in [-0.15, -0.1) is 0 Å². The third-order valence-electron chi connectivity index (χ3n) is 3.48. The normalized spacial score (nSPS) is 11.8. The molecule has 0 aromatic heterocycles. The summed E-state index contributed by atoms with van der Waals surface area (Å²) in [4.78, 5) is 12.2. The molecule has 0 saturated heterocycles. The summed E-state index contributed by atoms with van der Waals surface area (Å²) in [5, 5.41) is 4.31. The maximum absolute atomic E-state index is 12.2. The van der Waals surface area contributed by atoms with Gasteiger partial charge in [-0.3, -0.25) is 4.79 Å². The first-order chi connectivity index (χ1) is 12.1. The molecule has 1 amide bonds. The summed E-state index contributed by atoms with van der Waals surface area (Å²) in [6, 6.07) is 14.8. The number of halogens is 2. The van der Waals surface area contributed by atoms with E-state index in [1.165, 1.54) is 5.56 Å². The van der Waals surface area contributed by atoms with Gasteiger partial charge in [-0.25, -0.2) is 0 Å². The Morgan fingerprint density at radius 3 is 2.28 bits per heavy atom. The monoisotopic (exact) mass is 397 g/mol. The highest BCUT2D eigenvalue weighted by molar-refractivity contribution is 7.98. The van der Waals surface area contributed by atoms with Gasteiger partial charge in [-0.05, 0) is 48.4 Å². The number of carbonyl (C=O) groups excluding carboxylic acids is 1. The minimum atomic E-state index is -0.498. The topological polar surface area (TPSA) is 38.3 Å². The van der Waals surface area contributed by atoms with Gasteiger partial charge in [0.15, 0.2) is 6.10 Å². The molecule has 0 aliphatic rings. The third kappa shape index (κ3) is 7.18. The Bertz CT molecular complexity index is 662. The van der Waals surface area contributed by atoms with Gasteiger partial charge in [0.05, 0.1) is 0 Å². The van der Waals surface area contributed by atoms with Crippen molar-refractivity contribution < 1.29 is 9.53 Å². The van der Waals surface area contributed by atoms with Crippen LogP contribution in [0.5, 0.6) is 5.75 Å². The second kappa shape index (κ2) is 10.6. The number of rotatable bonds is 9. The van der Waals surface area contributed by atoms with Crippen molar-refractivity contribution in [1.29, 1.82) is 0 Å². The molecule has 0 aliphatic carbocycles. The Labute approximate surface area is 163 Å². The number of nitrogens with one attached hydrogen (secondary N) is 1. The number of carbonyl (C=O) groups is 1. The number of hydrogen-bond donors (Lipinski definition) is 1. The second-order valence-electron chi connectivity index (χ2n) is 5.44. The van der Waals surface area contributed by atoms with Crippen molar-refractivity contribution in [2.45, 2.75) is 25.2 Å². The van der Waals surface area contributed by atoms with Crippen LogP contribution in [0.15, 0.2) is 48.5 Å². The van der Waals surface area contributed by atoms with Crippen LogP contribution in [-0.2, 0) is 10.5 Å². The maximum Gasteiger partial charge on any atom is 0.261 e. The lowest BCUT2D eigenvalue weighted by Crippen LogP contribution is -2.39. The molecule has 0 radical (unpaired) electrons. The summed E-state index contributed by atoms with van der Waals surface area (Å²) in [5.41, 5.74) is 1.22. The van der Waals surface area contributed by atoms with Crippen molar-refractivity contribution in [1.82, 2.24) is 5.32 Å². The molecule has 134 valence electrons. The summed E-state index contributed by atoms with van der Waals surface area (Å²) in [6.07, 6.45) is 0.106. The number of amides is 1. The smallest absolute Gasteiger partial charge is 0.261 e. The van der Waals surface area contributed by atoms with Crippen LogP contribution in [0.2, 0.25) is 10.0 Å². The number of hydrogen-bond acceptors (Lipinski definition) is 3. The standard InChI is InChI=1S/C19H21Cl2NO2S/c1-2-18(24-17-9-7-16(21)8-10-17)19(23)22-11-12-25-13-14-3-5-15(20)6-4-14/h3-10,18H,2,11-13H2,1H3,(H,22,23)/t18-/m0/s1. The van der Waals surface area contributed by atoms with Crippen molar-refractivity contribution in [3.05, 3.63) is 64.1 Å². The lowest BCUT2D eigenvalue weighted by molar-refractivity contribution is -0.127. The van der Waals surface area contributed by atoms with Crippen molar-refractivity contribution >= 4 is 40.9 Å². The van der Waals surface area contributed by atoms with Crippen LogP contribution in [0.1, 0.15) is 18.9 Å². The quantitative estimate of drug-likeness (QED) is 0.590. The van der Waals surface area contributed by atoms with E-state index < -0.39 is 6.10 Å². The molecule has 0 fully saturated rings. The highest BCUT2D eigenvalue weighted by Crippen LogP contribution is 2.18. The molecule has 25 heavy (non-hydrogen) atoms. The fraction of sp³-hybridized carbons (Fsp3) is 0.316. The lowest BCUT2D eigenvalue weighted by Gasteiger charge is -2.17. The minimum Gasteiger partial charge on any atom is -0.481 e. The molecule has 6 heteroatoms. The van der Waals surface area contributed by atoms with Crippen LogP contribution in [0.25, 0.3) is 0 Å². The third-order valence-corrected chi connectivity index (χ3v) is 5.02. The molecule has 2 aromatic carbocycles. The summed E-state index contributed by atoms with van der Waals surface area (Å²) >= 11 is 13.5. The van der Waals surface area contributed by atoms with Crippen LogP contribution < -0.4 is 10.1 Å². The molecule has 2 aromatic rings. The van der Waals surface area contributed by atoms with E-state index in [2.05, 4.69) is 5.32 Å². The maximum atomic E-state index is 12.2. The van der Waals surface area contributed by atoms with Crippen LogP contribution in [0.4, 0.5) is 0 Å². The van der Waals surface area contributed by atoms with E-state index in [9.17, 15) is 4.79 Å². The Morgan fingerprint density at radius 1 is 1.08 bits per heavy atom.